The van der Waals surface area contributed by atoms with E-state index >= 15 is 0 Å². The third kappa shape index (κ3) is 7.63. The smallest absolute Gasteiger partial charge is 0.219 e. The van der Waals surface area contributed by atoms with Crippen molar-refractivity contribution in [2.45, 2.75) is 45.3 Å². The maximum absolute atomic E-state index is 11.8. The number of aromatic amines is 1. The van der Waals surface area contributed by atoms with Crippen LogP contribution >= 0.6 is 11.6 Å². The van der Waals surface area contributed by atoms with Crippen LogP contribution in [0.15, 0.2) is 66.7 Å². The first kappa shape index (κ1) is 30.9. The quantitative estimate of drug-likeness (QED) is 0.213. The summed E-state index contributed by atoms with van der Waals surface area (Å²) in [5, 5.41) is 14.4. The van der Waals surface area contributed by atoms with E-state index in [1.165, 1.54) is 11.1 Å². The van der Waals surface area contributed by atoms with Crippen molar-refractivity contribution < 1.29 is 24.2 Å². The fourth-order valence-corrected chi connectivity index (χ4v) is 5.14. The minimum absolute atomic E-state index is 0.0696. The molecule has 3 aromatic carbocycles. The minimum atomic E-state index is -0.796. The first-order valence-electron chi connectivity index (χ1n) is 14.2. The number of aromatic nitrogens is 1. The monoisotopic (exact) mass is 591 g/mol. The molecule has 4 aromatic rings. The standard InChI is InChI=1S/C24H26ClN3O4.C9H12O/c1-2-22(31)26-12-17(30)13-32-18-6-3-15(4-7-18)24-23-19(9-10-28(24)14-29)20-11-16(25)5-8-21(20)27-23;1-3-8-4-6-9(10-2)7-5-8/h3-8,11,14,17,24,27,30H,2,9-10,12-13H2,1H3,(H,26,31);4-7H,3H2,1-2H3. The number of methoxy groups -OCH3 is 1. The molecule has 1 aliphatic rings. The first-order chi connectivity index (χ1) is 20.4. The number of ether oxygens (including phenoxy) is 2. The SMILES string of the molecule is CCC(=O)NCC(O)COc1ccc(C2c3[nH]c4ccc(Cl)cc4c3CCN2C=O)cc1.CCc1ccc(OC)cc1. The molecule has 1 aliphatic heterocycles. The van der Waals surface area contributed by atoms with E-state index in [1.54, 1.807) is 18.9 Å². The van der Waals surface area contributed by atoms with Crippen LogP contribution in [0.25, 0.3) is 10.9 Å². The van der Waals surface area contributed by atoms with E-state index in [2.05, 4.69) is 29.4 Å². The third-order valence-corrected chi connectivity index (χ3v) is 7.56. The summed E-state index contributed by atoms with van der Waals surface area (Å²) in [6.45, 7) is 4.73. The Bertz CT molecular complexity index is 1450. The molecule has 1 aromatic heterocycles. The summed E-state index contributed by atoms with van der Waals surface area (Å²) in [6, 6.07) is 21.2. The number of carbonyl (C=O) groups excluding carboxylic acids is 2. The predicted molar refractivity (Wildman–Crippen MR) is 165 cm³/mol. The average Bonchev–Trinajstić information content (AvgIpc) is 3.40. The van der Waals surface area contributed by atoms with E-state index in [9.17, 15) is 14.7 Å². The molecule has 2 amide bonds. The molecule has 42 heavy (non-hydrogen) atoms. The molecule has 0 fully saturated rings. The van der Waals surface area contributed by atoms with E-state index < -0.39 is 6.10 Å². The minimum Gasteiger partial charge on any atom is -0.497 e. The molecule has 0 saturated heterocycles. The highest BCUT2D eigenvalue weighted by atomic mass is 35.5. The highest BCUT2D eigenvalue weighted by molar-refractivity contribution is 6.31. The number of halogens is 1. The van der Waals surface area contributed by atoms with Gasteiger partial charge in [0.2, 0.25) is 12.3 Å². The molecule has 8 nitrogen and oxygen atoms in total. The Labute approximate surface area is 251 Å². The number of aryl methyl sites for hydroxylation is 1. The Kier molecular flexibility index (Phi) is 10.9. The van der Waals surface area contributed by atoms with Crippen LogP contribution in [-0.4, -0.2) is 60.2 Å². The van der Waals surface area contributed by atoms with Gasteiger partial charge in [-0.2, -0.15) is 0 Å². The lowest BCUT2D eigenvalue weighted by Gasteiger charge is -2.33. The Balaban J connectivity index is 0.000000343. The van der Waals surface area contributed by atoms with E-state index in [0.29, 0.717) is 23.7 Å². The zero-order valence-corrected chi connectivity index (χ0v) is 25.0. The Morgan fingerprint density at radius 2 is 1.83 bits per heavy atom. The van der Waals surface area contributed by atoms with Crippen molar-refractivity contribution >= 4 is 34.8 Å². The van der Waals surface area contributed by atoms with Gasteiger partial charge in [-0.1, -0.05) is 49.7 Å². The molecular weight excluding hydrogens is 554 g/mol. The molecule has 0 bridgehead atoms. The second kappa shape index (κ2) is 14.8. The maximum atomic E-state index is 11.8. The van der Waals surface area contributed by atoms with Gasteiger partial charge in [-0.25, -0.2) is 0 Å². The molecule has 2 atom stereocenters. The summed E-state index contributed by atoms with van der Waals surface area (Å²) in [5.41, 5.74) is 5.49. The van der Waals surface area contributed by atoms with Crippen molar-refractivity contribution in [2.24, 2.45) is 0 Å². The lowest BCUT2D eigenvalue weighted by molar-refractivity contribution is -0.121. The zero-order valence-electron chi connectivity index (χ0n) is 24.2. The number of fused-ring (bicyclic) bond motifs is 3. The average molecular weight is 592 g/mol. The Morgan fingerprint density at radius 1 is 1.12 bits per heavy atom. The molecular formula is C33H38ClN3O5. The van der Waals surface area contributed by atoms with Crippen LogP contribution in [-0.2, 0) is 22.4 Å². The van der Waals surface area contributed by atoms with Crippen LogP contribution in [0.3, 0.4) is 0 Å². The van der Waals surface area contributed by atoms with E-state index in [1.807, 2.05) is 54.6 Å². The number of carbonyl (C=O) groups is 2. The highest BCUT2D eigenvalue weighted by Gasteiger charge is 2.31. The van der Waals surface area contributed by atoms with Crippen LogP contribution in [0.1, 0.15) is 48.7 Å². The topological polar surface area (TPSA) is 104 Å². The van der Waals surface area contributed by atoms with Crippen LogP contribution in [0.5, 0.6) is 11.5 Å². The van der Waals surface area contributed by atoms with Crippen LogP contribution in [0.4, 0.5) is 0 Å². The highest BCUT2D eigenvalue weighted by Crippen LogP contribution is 2.38. The van der Waals surface area contributed by atoms with E-state index in [-0.39, 0.29) is 25.1 Å². The summed E-state index contributed by atoms with van der Waals surface area (Å²) >= 11 is 6.21. The van der Waals surface area contributed by atoms with E-state index in [4.69, 9.17) is 21.1 Å². The summed E-state index contributed by atoms with van der Waals surface area (Å²) in [6.07, 6.45) is 2.31. The molecule has 3 N–H and O–H groups in total. The van der Waals surface area contributed by atoms with Gasteiger partial charge in [-0.3, -0.25) is 9.59 Å². The molecule has 0 aliphatic carbocycles. The van der Waals surface area contributed by atoms with Gasteiger partial charge in [-0.05, 0) is 72.0 Å². The maximum Gasteiger partial charge on any atom is 0.219 e. The number of H-pyrrole nitrogens is 1. The number of nitrogens with one attached hydrogen (secondary N) is 2. The summed E-state index contributed by atoms with van der Waals surface area (Å²) in [7, 11) is 1.68. The number of hydrogen-bond donors (Lipinski definition) is 3. The van der Waals surface area contributed by atoms with Crippen LogP contribution < -0.4 is 14.8 Å². The molecule has 0 saturated carbocycles. The fraction of sp³-hybridized carbons (Fsp3) is 0.333. The van der Waals surface area contributed by atoms with Crippen LogP contribution in [0, 0.1) is 0 Å². The molecule has 0 radical (unpaired) electrons. The molecule has 0 spiro atoms. The summed E-state index contributed by atoms with van der Waals surface area (Å²) in [4.78, 5) is 28.4. The van der Waals surface area contributed by atoms with Crippen molar-refractivity contribution in [1.82, 2.24) is 15.2 Å². The number of rotatable bonds is 10. The second-order valence-electron chi connectivity index (χ2n) is 10.1. The van der Waals surface area contributed by atoms with Crippen molar-refractivity contribution in [3.05, 3.63) is 94.1 Å². The van der Waals surface area contributed by atoms with Gasteiger partial charge in [0, 0.05) is 41.1 Å². The van der Waals surface area contributed by atoms with Gasteiger partial charge in [-0.15, -0.1) is 0 Å². The van der Waals surface area contributed by atoms with Crippen molar-refractivity contribution in [1.29, 1.82) is 0 Å². The lowest BCUT2D eigenvalue weighted by atomic mass is 9.93. The number of amides is 2. The molecule has 9 heteroatoms. The predicted octanol–water partition coefficient (Wildman–Crippen LogP) is 5.45. The molecule has 2 unspecified atom stereocenters. The first-order valence-corrected chi connectivity index (χ1v) is 14.6. The zero-order chi connectivity index (χ0) is 30.1. The van der Waals surface area contributed by atoms with Gasteiger partial charge in [0.15, 0.2) is 0 Å². The fourth-order valence-electron chi connectivity index (χ4n) is 4.97. The summed E-state index contributed by atoms with van der Waals surface area (Å²) < 4.78 is 10.7. The third-order valence-electron chi connectivity index (χ3n) is 7.32. The van der Waals surface area contributed by atoms with Gasteiger partial charge in [0.25, 0.3) is 0 Å². The number of nitrogens with zero attached hydrogens (tertiary/aromatic N) is 1. The summed E-state index contributed by atoms with van der Waals surface area (Å²) in [5.74, 6) is 1.42. The van der Waals surface area contributed by atoms with Gasteiger partial charge in [0.05, 0.1) is 13.2 Å². The Hall–Kier alpha value is -4.01. The van der Waals surface area contributed by atoms with Crippen molar-refractivity contribution in [3.63, 3.8) is 0 Å². The van der Waals surface area contributed by atoms with Crippen LogP contribution in [0.2, 0.25) is 5.02 Å². The number of aliphatic hydroxyl groups excluding tert-OH is 1. The van der Waals surface area contributed by atoms with Crippen molar-refractivity contribution in [3.8, 4) is 11.5 Å². The normalized spacial score (nSPS) is 14.8. The largest absolute Gasteiger partial charge is 0.497 e. The number of hydrogen-bond acceptors (Lipinski definition) is 5. The number of benzene rings is 3. The van der Waals surface area contributed by atoms with Gasteiger partial charge < -0.3 is 29.8 Å². The van der Waals surface area contributed by atoms with Gasteiger partial charge in [0.1, 0.15) is 24.2 Å². The second-order valence-corrected chi connectivity index (χ2v) is 10.5. The molecule has 2 heterocycles. The van der Waals surface area contributed by atoms with Crippen molar-refractivity contribution in [2.75, 3.05) is 26.8 Å². The molecule has 222 valence electrons. The number of aliphatic hydroxyl groups is 1. The molecule has 5 rings (SSSR count). The lowest BCUT2D eigenvalue weighted by Crippen LogP contribution is -2.35. The van der Waals surface area contributed by atoms with Gasteiger partial charge >= 0.3 is 0 Å². The van der Waals surface area contributed by atoms with E-state index in [0.717, 1.165) is 47.2 Å². The Morgan fingerprint density at radius 3 is 2.48 bits per heavy atom.